The highest BCUT2D eigenvalue weighted by atomic mass is 16.7. The highest BCUT2D eigenvalue weighted by Gasteiger charge is 2.68. The summed E-state index contributed by atoms with van der Waals surface area (Å²) < 4.78 is 11.3. The molecule has 8 nitrogen and oxygen atoms in total. The minimum Gasteiger partial charge on any atom is -0.507 e. The third kappa shape index (κ3) is 3.98. The second-order valence-corrected chi connectivity index (χ2v) is 9.19. The van der Waals surface area contributed by atoms with Gasteiger partial charge in [0, 0.05) is 18.4 Å². The number of ether oxygens (including phenoxy) is 2. The Morgan fingerprint density at radius 3 is 2.10 bits per heavy atom. The van der Waals surface area contributed by atoms with Gasteiger partial charge in [0.25, 0.3) is 0 Å². The number of Topliss-reactive ketones (excluding diaryl/α,β-unsaturated/α-hetero) is 2. The Kier molecular flexibility index (Phi) is 6.49. The molecule has 172 valence electrons. The van der Waals surface area contributed by atoms with E-state index in [0.717, 1.165) is 6.07 Å². The molecule has 2 heterocycles. The van der Waals surface area contributed by atoms with Crippen LogP contribution >= 0.6 is 0 Å². The zero-order valence-corrected chi connectivity index (χ0v) is 18.5. The molecule has 0 saturated carbocycles. The Labute approximate surface area is 181 Å². The number of ketones is 2. The zero-order chi connectivity index (χ0) is 23.2. The first kappa shape index (κ1) is 23.7. The monoisotopic (exact) mass is 436 g/mol. The van der Waals surface area contributed by atoms with Crippen LogP contribution in [0.5, 0.6) is 11.5 Å². The molecule has 31 heavy (non-hydrogen) atoms. The van der Waals surface area contributed by atoms with Crippen molar-refractivity contribution in [3.63, 3.8) is 0 Å². The van der Waals surface area contributed by atoms with Crippen molar-refractivity contribution in [3.8, 4) is 11.5 Å². The van der Waals surface area contributed by atoms with Crippen LogP contribution in [-0.4, -0.2) is 62.2 Å². The second-order valence-electron chi connectivity index (χ2n) is 9.19. The fraction of sp³-hybridized carbons (Fsp3) is 0.652. The summed E-state index contributed by atoms with van der Waals surface area (Å²) in [5.74, 6) is -3.17. The first-order chi connectivity index (χ1) is 14.4. The molecule has 0 aromatic heterocycles. The summed E-state index contributed by atoms with van der Waals surface area (Å²) in [5, 5.41) is 41.7. The van der Waals surface area contributed by atoms with Crippen LogP contribution in [0.1, 0.15) is 68.2 Å². The van der Waals surface area contributed by atoms with E-state index in [0.29, 0.717) is 6.42 Å². The lowest BCUT2D eigenvalue weighted by molar-refractivity contribution is -0.240. The number of hydrogen-bond acceptors (Lipinski definition) is 8. The second kappa shape index (κ2) is 8.50. The van der Waals surface area contributed by atoms with Crippen molar-refractivity contribution in [2.45, 2.75) is 77.7 Å². The molecule has 1 aromatic rings. The Hall–Kier alpha value is -2.00. The molecule has 6 atom stereocenters. The molecule has 0 radical (unpaired) electrons. The fourth-order valence-electron chi connectivity index (χ4n) is 4.62. The Morgan fingerprint density at radius 2 is 1.65 bits per heavy atom. The normalized spacial score (nSPS) is 31.3. The van der Waals surface area contributed by atoms with Gasteiger partial charge >= 0.3 is 0 Å². The first-order valence-corrected chi connectivity index (χ1v) is 10.8. The number of carbonyl (C=O) groups excluding carboxylic acids is 2. The Balaban J connectivity index is 1.92. The van der Waals surface area contributed by atoms with Gasteiger partial charge in [0.1, 0.15) is 11.5 Å². The molecule has 2 aliphatic heterocycles. The number of benzene rings is 1. The summed E-state index contributed by atoms with van der Waals surface area (Å²) in [6.45, 7) is 8.83. The van der Waals surface area contributed by atoms with E-state index in [1.54, 1.807) is 27.7 Å². The molecule has 0 amide bonds. The molecule has 3 rings (SSSR count). The SMILES string of the molecule is CC[C@@H]1O[C@@]12[C@H](O)C[C@H]([C@@H](C(=O)c1cc(C(=O)C(C)C)c(O)cc1O)C(C)C)O[C@H]2O. The molecule has 2 aliphatic rings. The van der Waals surface area contributed by atoms with Crippen LogP contribution in [0.3, 0.4) is 0 Å². The van der Waals surface area contributed by atoms with E-state index in [1.807, 2.05) is 6.92 Å². The van der Waals surface area contributed by atoms with Gasteiger partial charge in [-0.25, -0.2) is 0 Å². The largest absolute Gasteiger partial charge is 0.507 e. The number of aliphatic hydroxyl groups excluding tert-OH is 2. The maximum absolute atomic E-state index is 13.4. The van der Waals surface area contributed by atoms with Crippen LogP contribution in [0, 0.1) is 17.8 Å². The maximum Gasteiger partial charge on any atom is 0.189 e. The van der Waals surface area contributed by atoms with Crippen molar-refractivity contribution >= 4 is 11.6 Å². The summed E-state index contributed by atoms with van der Waals surface area (Å²) in [7, 11) is 0. The van der Waals surface area contributed by atoms with Crippen molar-refractivity contribution in [1.82, 2.24) is 0 Å². The number of rotatable bonds is 7. The number of phenolic OH excluding ortho intramolecular Hbond substituents is 2. The number of aliphatic hydroxyl groups is 2. The lowest BCUT2D eigenvalue weighted by Crippen LogP contribution is -2.55. The minimum absolute atomic E-state index is 0.0422. The average Bonchev–Trinajstić information content (AvgIpc) is 3.41. The highest BCUT2D eigenvalue weighted by Crippen LogP contribution is 2.50. The topological polar surface area (TPSA) is 137 Å². The van der Waals surface area contributed by atoms with Gasteiger partial charge in [0.05, 0.1) is 35.4 Å². The molecular weight excluding hydrogens is 404 g/mol. The third-order valence-electron chi connectivity index (χ3n) is 6.42. The van der Waals surface area contributed by atoms with E-state index in [-0.39, 0.29) is 35.4 Å². The quantitative estimate of drug-likeness (QED) is 0.378. The van der Waals surface area contributed by atoms with Gasteiger partial charge in [-0.2, -0.15) is 0 Å². The lowest BCUT2D eigenvalue weighted by Gasteiger charge is -2.40. The third-order valence-corrected chi connectivity index (χ3v) is 6.42. The maximum atomic E-state index is 13.4. The van der Waals surface area contributed by atoms with Crippen molar-refractivity contribution in [3.05, 3.63) is 23.3 Å². The Morgan fingerprint density at radius 1 is 1.06 bits per heavy atom. The van der Waals surface area contributed by atoms with Gasteiger partial charge in [-0.1, -0.05) is 34.6 Å². The first-order valence-electron chi connectivity index (χ1n) is 10.8. The van der Waals surface area contributed by atoms with E-state index < -0.39 is 53.2 Å². The predicted octanol–water partition coefficient (Wildman–Crippen LogP) is 2.41. The number of epoxide rings is 1. The van der Waals surface area contributed by atoms with Crippen molar-refractivity contribution in [1.29, 1.82) is 0 Å². The molecule has 0 bridgehead atoms. The van der Waals surface area contributed by atoms with E-state index in [9.17, 15) is 30.0 Å². The summed E-state index contributed by atoms with van der Waals surface area (Å²) in [4.78, 5) is 25.9. The number of carbonyl (C=O) groups is 2. The van der Waals surface area contributed by atoms with Crippen LogP contribution in [-0.2, 0) is 9.47 Å². The van der Waals surface area contributed by atoms with Gasteiger partial charge in [-0.05, 0) is 18.4 Å². The van der Waals surface area contributed by atoms with E-state index in [4.69, 9.17) is 9.47 Å². The van der Waals surface area contributed by atoms with Gasteiger partial charge in [-0.3, -0.25) is 9.59 Å². The fourth-order valence-corrected chi connectivity index (χ4v) is 4.62. The van der Waals surface area contributed by atoms with Crippen molar-refractivity contribution in [2.75, 3.05) is 0 Å². The van der Waals surface area contributed by atoms with Gasteiger partial charge in [0.2, 0.25) is 0 Å². The summed E-state index contributed by atoms with van der Waals surface area (Å²) >= 11 is 0. The summed E-state index contributed by atoms with van der Waals surface area (Å²) in [5.41, 5.74) is -1.31. The molecule has 4 N–H and O–H groups in total. The van der Waals surface area contributed by atoms with Gasteiger partial charge in [0.15, 0.2) is 23.5 Å². The van der Waals surface area contributed by atoms with E-state index in [1.165, 1.54) is 6.07 Å². The Bertz CT molecular complexity index is 849. The van der Waals surface area contributed by atoms with Crippen LogP contribution < -0.4 is 0 Å². The molecule has 1 spiro atoms. The summed E-state index contributed by atoms with van der Waals surface area (Å²) in [6, 6.07) is 2.20. The molecule has 8 heteroatoms. The van der Waals surface area contributed by atoms with Gasteiger partial charge in [-0.15, -0.1) is 0 Å². The zero-order valence-electron chi connectivity index (χ0n) is 18.5. The van der Waals surface area contributed by atoms with E-state index >= 15 is 0 Å². The van der Waals surface area contributed by atoms with Crippen molar-refractivity contribution < 1.29 is 39.5 Å². The van der Waals surface area contributed by atoms with Gasteiger partial charge < -0.3 is 29.9 Å². The lowest BCUT2D eigenvalue weighted by atomic mass is 9.77. The average molecular weight is 437 g/mol. The molecule has 0 aliphatic carbocycles. The molecule has 2 saturated heterocycles. The number of hydrogen-bond donors (Lipinski definition) is 4. The van der Waals surface area contributed by atoms with Crippen molar-refractivity contribution in [2.24, 2.45) is 17.8 Å². The molecular formula is C23H32O8. The molecule has 2 fully saturated rings. The van der Waals surface area contributed by atoms with Crippen LogP contribution in [0.15, 0.2) is 12.1 Å². The number of phenols is 2. The van der Waals surface area contributed by atoms with Crippen LogP contribution in [0.4, 0.5) is 0 Å². The van der Waals surface area contributed by atoms with Crippen LogP contribution in [0.2, 0.25) is 0 Å². The minimum atomic E-state index is -1.38. The standard InChI is InChI=1S/C23H32O8/c1-6-18-23(31-18)17(26)9-16(30-22(23)29)19(10(2)3)21(28)13-7-12(20(27)11(4)5)14(24)8-15(13)25/h7-8,10-11,16-19,22,24-26,29H,6,9H2,1-5H3/t16-,17-,18+,19+,22-,23+/m1/s1. The van der Waals surface area contributed by atoms with Crippen LogP contribution in [0.25, 0.3) is 0 Å². The highest BCUT2D eigenvalue weighted by molar-refractivity contribution is 6.06. The summed E-state index contributed by atoms with van der Waals surface area (Å²) in [6.07, 6.45) is -2.82. The van der Waals surface area contributed by atoms with E-state index in [2.05, 4.69) is 0 Å². The molecule has 0 unspecified atom stereocenters. The number of aromatic hydroxyl groups is 2. The predicted molar refractivity (Wildman–Crippen MR) is 111 cm³/mol. The smallest absolute Gasteiger partial charge is 0.189 e. The molecule has 1 aromatic carbocycles.